The summed E-state index contributed by atoms with van der Waals surface area (Å²) in [5.74, 6) is -2.03. The highest BCUT2D eigenvalue weighted by Gasteiger charge is 2.37. The molecule has 3 aromatic rings. The van der Waals surface area contributed by atoms with Crippen molar-refractivity contribution in [1.82, 2.24) is 9.88 Å². The van der Waals surface area contributed by atoms with Crippen molar-refractivity contribution in [2.45, 2.75) is 13.5 Å². The van der Waals surface area contributed by atoms with E-state index in [0.29, 0.717) is 16.8 Å². The maximum atomic E-state index is 13.2. The molecule has 3 N–H and O–H groups in total. The summed E-state index contributed by atoms with van der Waals surface area (Å²) in [6.07, 6.45) is 3.07. The van der Waals surface area contributed by atoms with Crippen LogP contribution in [0, 0.1) is 6.92 Å². The number of rotatable bonds is 4. The SMILES string of the molecule is Cc1cc(Br)ccc1N1C(=O)NC(=O)C(=Cc2cn(CC(N)=O)c3ccccc23)C1=O. The maximum absolute atomic E-state index is 13.2. The van der Waals surface area contributed by atoms with Crippen molar-refractivity contribution in [3.05, 3.63) is 69.8 Å². The number of anilines is 1. The Hall–Kier alpha value is -3.72. The van der Waals surface area contributed by atoms with Gasteiger partial charge in [-0.05, 0) is 42.8 Å². The van der Waals surface area contributed by atoms with E-state index in [9.17, 15) is 19.2 Å². The van der Waals surface area contributed by atoms with Crippen molar-refractivity contribution in [3.63, 3.8) is 0 Å². The second kappa shape index (κ2) is 7.84. The number of para-hydroxylation sites is 1. The summed E-state index contributed by atoms with van der Waals surface area (Å²) >= 11 is 3.35. The van der Waals surface area contributed by atoms with Crippen molar-refractivity contribution in [1.29, 1.82) is 0 Å². The van der Waals surface area contributed by atoms with Crippen molar-refractivity contribution < 1.29 is 19.2 Å². The first-order chi connectivity index (χ1) is 14.8. The van der Waals surface area contributed by atoms with E-state index >= 15 is 0 Å². The number of halogens is 1. The molecule has 9 heteroatoms. The molecule has 0 radical (unpaired) electrons. The standard InChI is InChI=1S/C22H17BrN4O4/c1-12-8-14(23)6-7-17(12)27-21(30)16(20(29)25-22(27)31)9-13-10-26(11-19(24)28)18-5-3-2-4-15(13)18/h2-10H,11H2,1H3,(H2,24,28)(H,25,29,31). The zero-order chi connectivity index (χ0) is 22.3. The van der Waals surface area contributed by atoms with Gasteiger partial charge in [-0.25, -0.2) is 9.69 Å². The number of aromatic nitrogens is 1. The van der Waals surface area contributed by atoms with Gasteiger partial charge in [0.2, 0.25) is 5.91 Å². The van der Waals surface area contributed by atoms with E-state index in [1.165, 1.54) is 6.08 Å². The summed E-state index contributed by atoms with van der Waals surface area (Å²) < 4.78 is 2.45. The van der Waals surface area contributed by atoms with Gasteiger partial charge in [0.15, 0.2) is 0 Å². The first kappa shape index (κ1) is 20.5. The minimum atomic E-state index is -0.811. The molecule has 1 aliphatic rings. The number of hydrogen-bond acceptors (Lipinski definition) is 4. The van der Waals surface area contributed by atoms with Crippen LogP contribution in [0.2, 0.25) is 0 Å². The lowest BCUT2D eigenvalue weighted by molar-refractivity contribution is -0.122. The van der Waals surface area contributed by atoms with Crippen LogP contribution in [0.5, 0.6) is 0 Å². The minimum absolute atomic E-state index is 0.0491. The van der Waals surface area contributed by atoms with Crippen LogP contribution in [-0.4, -0.2) is 28.3 Å². The van der Waals surface area contributed by atoms with E-state index < -0.39 is 23.8 Å². The molecule has 2 heterocycles. The lowest BCUT2D eigenvalue weighted by Gasteiger charge is -2.27. The van der Waals surface area contributed by atoms with Gasteiger partial charge in [-0.15, -0.1) is 0 Å². The van der Waals surface area contributed by atoms with Crippen LogP contribution in [0.1, 0.15) is 11.1 Å². The fourth-order valence-electron chi connectivity index (χ4n) is 3.59. The molecule has 0 spiro atoms. The molecule has 31 heavy (non-hydrogen) atoms. The number of urea groups is 1. The van der Waals surface area contributed by atoms with Crippen molar-refractivity contribution in [2.75, 3.05) is 4.90 Å². The zero-order valence-corrected chi connectivity index (χ0v) is 18.0. The Morgan fingerprint density at radius 1 is 1.16 bits per heavy atom. The molecule has 0 saturated carbocycles. The Bertz CT molecular complexity index is 1310. The Labute approximate surface area is 185 Å². The van der Waals surface area contributed by atoms with Gasteiger partial charge in [0, 0.05) is 27.1 Å². The summed E-state index contributed by atoms with van der Waals surface area (Å²) in [6, 6.07) is 11.5. The number of nitrogens with one attached hydrogen (secondary N) is 1. The third kappa shape index (κ3) is 3.75. The third-order valence-electron chi connectivity index (χ3n) is 4.95. The van der Waals surface area contributed by atoms with Crippen molar-refractivity contribution in [2.24, 2.45) is 5.73 Å². The van der Waals surface area contributed by atoms with Crippen LogP contribution in [0.25, 0.3) is 17.0 Å². The molecule has 8 nitrogen and oxygen atoms in total. The van der Waals surface area contributed by atoms with Gasteiger partial charge in [0.25, 0.3) is 11.8 Å². The first-order valence-corrected chi connectivity index (χ1v) is 10.1. The number of aryl methyl sites for hydroxylation is 1. The average molecular weight is 481 g/mol. The van der Waals surface area contributed by atoms with Gasteiger partial charge in [-0.3, -0.25) is 19.7 Å². The second-order valence-electron chi connectivity index (χ2n) is 7.08. The van der Waals surface area contributed by atoms with Crippen LogP contribution in [-0.2, 0) is 20.9 Å². The number of amides is 5. The van der Waals surface area contributed by atoms with Crippen LogP contribution in [0.3, 0.4) is 0 Å². The summed E-state index contributed by atoms with van der Waals surface area (Å²) in [5, 5.41) is 2.96. The van der Waals surface area contributed by atoms with Crippen molar-refractivity contribution in [3.8, 4) is 0 Å². The zero-order valence-electron chi connectivity index (χ0n) is 16.4. The molecule has 4 rings (SSSR count). The lowest BCUT2D eigenvalue weighted by atomic mass is 10.1. The van der Waals surface area contributed by atoms with E-state index in [1.54, 1.807) is 35.9 Å². The molecule has 0 unspecified atom stereocenters. The van der Waals surface area contributed by atoms with Gasteiger partial charge in [-0.2, -0.15) is 0 Å². The number of benzene rings is 2. The number of hydrogen-bond donors (Lipinski definition) is 2. The Morgan fingerprint density at radius 2 is 1.90 bits per heavy atom. The molecule has 0 aliphatic carbocycles. The van der Waals surface area contributed by atoms with Gasteiger partial charge in [0.1, 0.15) is 12.1 Å². The number of carbonyl (C=O) groups is 4. The lowest BCUT2D eigenvalue weighted by Crippen LogP contribution is -2.54. The molecule has 5 amide bonds. The maximum Gasteiger partial charge on any atom is 0.335 e. The van der Waals surface area contributed by atoms with E-state index in [4.69, 9.17) is 5.73 Å². The fourth-order valence-corrected chi connectivity index (χ4v) is 4.07. The number of imide groups is 2. The highest BCUT2D eigenvalue weighted by Crippen LogP contribution is 2.29. The van der Waals surface area contributed by atoms with Crippen LogP contribution in [0.4, 0.5) is 10.5 Å². The summed E-state index contributed by atoms with van der Waals surface area (Å²) in [7, 11) is 0. The molecule has 1 saturated heterocycles. The van der Waals surface area contributed by atoms with E-state index in [0.717, 1.165) is 20.3 Å². The van der Waals surface area contributed by atoms with E-state index in [2.05, 4.69) is 21.2 Å². The van der Waals surface area contributed by atoms with Gasteiger partial charge in [-0.1, -0.05) is 34.1 Å². The molecule has 1 aromatic heterocycles. The molecule has 1 aliphatic heterocycles. The minimum Gasteiger partial charge on any atom is -0.368 e. The summed E-state index contributed by atoms with van der Waals surface area (Å²) in [5.41, 5.74) is 7.49. The number of nitrogens with zero attached hydrogens (tertiary/aromatic N) is 2. The fraction of sp³-hybridized carbons (Fsp3) is 0.0909. The average Bonchev–Trinajstić information content (AvgIpc) is 3.03. The Balaban J connectivity index is 1.82. The largest absolute Gasteiger partial charge is 0.368 e. The number of barbiturate groups is 1. The van der Waals surface area contributed by atoms with Crippen LogP contribution >= 0.6 is 15.9 Å². The van der Waals surface area contributed by atoms with Crippen LogP contribution < -0.4 is 16.0 Å². The Morgan fingerprint density at radius 3 is 2.61 bits per heavy atom. The molecule has 2 aromatic carbocycles. The molecule has 1 fully saturated rings. The van der Waals surface area contributed by atoms with E-state index in [-0.39, 0.29) is 12.1 Å². The molecule has 156 valence electrons. The van der Waals surface area contributed by atoms with Gasteiger partial charge < -0.3 is 10.3 Å². The molecular formula is C22H17BrN4O4. The smallest absolute Gasteiger partial charge is 0.335 e. The number of carbonyl (C=O) groups excluding carboxylic acids is 4. The normalized spacial score (nSPS) is 15.6. The number of fused-ring (bicyclic) bond motifs is 1. The monoisotopic (exact) mass is 480 g/mol. The van der Waals surface area contributed by atoms with Gasteiger partial charge >= 0.3 is 6.03 Å². The Kier molecular flexibility index (Phi) is 5.20. The first-order valence-electron chi connectivity index (χ1n) is 9.30. The summed E-state index contributed by atoms with van der Waals surface area (Å²) in [4.78, 5) is 50.5. The number of nitrogens with two attached hydrogens (primary N) is 1. The third-order valence-corrected chi connectivity index (χ3v) is 5.44. The van der Waals surface area contributed by atoms with Crippen molar-refractivity contribution >= 4 is 62.3 Å². The second-order valence-corrected chi connectivity index (χ2v) is 8.00. The summed E-state index contributed by atoms with van der Waals surface area (Å²) in [6.45, 7) is 1.71. The van der Waals surface area contributed by atoms with E-state index in [1.807, 2.05) is 24.3 Å². The predicted molar refractivity (Wildman–Crippen MR) is 119 cm³/mol. The van der Waals surface area contributed by atoms with Gasteiger partial charge in [0.05, 0.1) is 5.69 Å². The van der Waals surface area contributed by atoms with Crippen LogP contribution in [0.15, 0.2) is 58.7 Å². The molecule has 0 atom stereocenters. The molecular weight excluding hydrogens is 464 g/mol. The molecule has 0 bridgehead atoms. The topological polar surface area (TPSA) is 114 Å². The highest BCUT2D eigenvalue weighted by atomic mass is 79.9. The number of primary amides is 1. The highest BCUT2D eigenvalue weighted by molar-refractivity contribution is 9.10. The predicted octanol–water partition coefficient (Wildman–Crippen LogP) is 2.86. The quantitative estimate of drug-likeness (QED) is 0.441.